The number of nitrogen functional groups attached to an aromatic ring is 1. The van der Waals surface area contributed by atoms with Crippen LogP contribution in [0.5, 0.6) is 0 Å². The van der Waals surface area contributed by atoms with Crippen LogP contribution in [-0.4, -0.2) is 6.29 Å². The lowest BCUT2D eigenvalue weighted by molar-refractivity contribution is -0.108. The average Bonchev–Trinajstić information content (AvgIpc) is 2.08. The van der Waals surface area contributed by atoms with Crippen molar-refractivity contribution < 1.29 is 4.79 Å². The molecular weight excluding hydrogens is 218 g/mol. The molecule has 3 heteroatoms. The van der Waals surface area contributed by atoms with Crippen LogP contribution in [0.4, 0.5) is 5.69 Å². The zero-order chi connectivity index (χ0) is 9.14. The van der Waals surface area contributed by atoms with Gasteiger partial charge in [0.15, 0.2) is 0 Å². The highest BCUT2D eigenvalue weighted by molar-refractivity contribution is 9.10. The summed E-state index contributed by atoms with van der Waals surface area (Å²) >= 11 is 3.36. The van der Waals surface area contributed by atoms with E-state index >= 15 is 0 Å². The summed E-state index contributed by atoms with van der Waals surface area (Å²) in [6, 6.07) is 5.46. The van der Waals surface area contributed by atoms with Crippen molar-refractivity contribution in [1.29, 1.82) is 0 Å². The van der Waals surface area contributed by atoms with E-state index in [4.69, 9.17) is 5.73 Å². The first-order chi connectivity index (χ1) is 5.65. The van der Waals surface area contributed by atoms with E-state index in [0.717, 1.165) is 16.3 Å². The van der Waals surface area contributed by atoms with Crippen molar-refractivity contribution in [1.82, 2.24) is 0 Å². The van der Waals surface area contributed by atoms with Crippen LogP contribution in [0.1, 0.15) is 18.4 Å². The molecule has 1 unspecified atom stereocenters. The molecule has 0 saturated heterocycles. The molecule has 0 aliphatic carbocycles. The Morgan fingerprint density at radius 1 is 1.58 bits per heavy atom. The number of benzene rings is 1. The lowest BCUT2D eigenvalue weighted by Crippen LogP contribution is -1.97. The van der Waals surface area contributed by atoms with Crippen molar-refractivity contribution in [3.8, 4) is 0 Å². The number of hydrogen-bond donors (Lipinski definition) is 1. The number of carbonyl (C=O) groups excluding carboxylic acids is 1. The molecule has 2 nitrogen and oxygen atoms in total. The summed E-state index contributed by atoms with van der Waals surface area (Å²) in [6.07, 6.45) is 0.902. The van der Waals surface area contributed by atoms with Crippen molar-refractivity contribution in [2.24, 2.45) is 0 Å². The van der Waals surface area contributed by atoms with Crippen LogP contribution in [0.2, 0.25) is 0 Å². The normalized spacial score (nSPS) is 12.5. The van der Waals surface area contributed by atoms with Crippen LogP contribution < -0.4 is 5.73 Å². The molecule has 0 heterocycles. The number of nitrogens with two attached hydrogens (primary N) is 1. The minimum Gasteiger partial charge on any atom is -0.399 e. The van der Waals surface area contributed by atoms with Crippen molar-refractivity contribution >= 4 is 27.9 Å². The summed E-state index contributed by atoms with van der Waals surface area (Å²) in [7, 11) is 0. The highest BCUT2D eigenvalue weighted by Gasteiger charge is 2.07. The zero-order valence-electron chi connectivity index (χ0n) is 6.75. The molecule has 0 saturated carbocycles. The Hall–Kier alpha value is -0.830. The first-order valence-electron chi connectivity index (χ1n) is 3.65. The van der Waals surface area contributed by atoms with Crippen molar-refractivity contribution in [3.05, 3.63) is 28.2 Å². The van der Waals surface area contributed by atoms with Gasteiger partial charge in [-0.15, -0.1) is 0 Å². The third kappa shape index (κ3) is 1.85. The van der Waals surface area contributed by atoms with E-state index in [2.05, 4.69) is 15.9 Å². The maximum Gasteiger partial charge on any atom is 0.127 e. The van der Waals surface area contributed by atoms with E-state index in [1.807, 2.05) is 19.1 Å². The molecule has 0 bridgehead atoms. The number of carbonyl (C=O) groups is 1. The molecule has 64 valence electrons. The Balaban J connectivity index is 3.12. The monoisotopic (exact) mass is 227 g/mol. The van der Waals surface area contributed by atoms with Gasteiger partial charge in [-0.1, -0.05) is 22.9 Å². The van der Waals surface area contributed by atoms with Gasteiger partial charge in [0.1, 0.15) is 6.29 Å². The van der Waals surface area contributed by atoms with Crippen LogP contribution in [0.25, 0.3) is 0 Å². The minimum absolute atomic E-state index is 0.108. The maximum atomic E-state index is 10.5. The summed E-state index contributed by atoms with van der Waals surface area (Å²) in [5.41, 5.74) is 7.20. The smallest absolute Gasteiger partial charge is 0.127 e. The molecule has 1 aromatic carbocycles. The van der Waals surface area contributed by atoms with Gasteiger partial charge in [-0.2, -0.15) is 0 Å². The average molecular weight is 228 g/mol. The lowest BCUT2D eigenvalue weighted by Gasteiger charge is -2.07. The molecule has 0 amide bonds. The topological polar surface area (TPSA) is 43.1 Å². The molecule has 12 heavy (non-hydrogen) atoms. The lowest BCUT2D eigenvalue weighted by atomic mass is 10.0. The van der Waals surface area contributed by atoms with Gasteiger partial charge in [-0.25, -0.2) is 0 Å². The van der Waals surface area contributed by atoms with Crippen molar-refractivity contribution in [3.63, 3.8) is 0 Å². The highest BCUT2D eigenvalue weighted by atomic mass is 79.9. The molecule has 1 atom stereocenters. The predicted molar refractivity (Wildman–Crippen MR) is 53.0 cm³/mol. The van der Waals surface area contributed by atoms with E-state index in [-0.39, 0.29) is 5.92 Å². The third-order valence-electron chi connectivity index (χ3n) is 1.71. The van der Waals surface area contributed by atoms with Gasteiger partial charge in [0.2, 0.25) is 0 Å². The standard InChI is InChI=1S/C9H10BrNO/c1-6(5-12)8-4-7(11)2-3-9(8)10/h2-6H,11H2,1H3. The summed E-state index contributed by atoms with van der Waals surface area (Å²) in [6.45, 7) is 1.84. The van der Waals surface area contributed by atoms with E-state index in [0.29, 0.717) is 5.69 Å². The van der Waals surface area contributed by atoms with E-state index in [1.165, 1.54) is 0 Å². The Morgan fingerprint density at radius 2 is 2.25 bits per heavy atom. The van der Waals surface area contributed by atoms with Crippen molar-refractivity contribution in [2.45, 2.75) is 12.8 Å². The number of rotatable bonds is 2. The summed E-state index contributed by atoms with van der Waals surface area (Å²) < 4.78 is 0.927. The number of hydrogen-bond acceptors (Lipinski definition) is 2. The maximum absolute atomic E-state index is 10.5. The van der Waals surface area contributed by atoms with Crippen LogP contribution >= 0.6 is 15.9 Å². The largest absolute Gasteiger partial charge is 0.399 e. The van der Waals surface area contributed by atoms with Gasteiger partial charge < -0.3 is 10.5 Å². The summed E-state index contributed by atoms with van der Waals surface area (Å²) in [4.78, 5) is 10.5. The van der Waals surface area contributed by atoms with Gasteiger partial charge in [0, 0.05) is 16.1 Å². The fraction of sp³-hybridized carbons (Fsp3) is 0.222. The van der Waals surface area contributed by atoms with Gasteiger partial charge in [0.05, 0.1) is 0 Å². The molecule has 0 spiro atoms. The molecule has 1 rings (SSSR count). The van der Waals surface area contributed by atoms with E-state index in [9.17, 15) is 4.79 Å². The van der Waals surface area contributed by atoms with Gasteiger partial charge in [-0.05, 0) is 23.8 Å². The fourth-order valence-electron chi connectivity index (χ4n) is 0.984. The molecular formula is C9H10BrNO. The molecule has 0 radical (unpaired) electrons. The molecule has 1 aromatic rings. The second kappa shape index (κ2) is 3.72. The zero-order valence-corrected chi connectivity index (χ0v) is 8.34. The third-order valence-corrected chi connectivity index (χ3v) is 2.44. The summed E-state index contributed by atoms with van der Waals surface area (Å²) in [5.74, 6) is -0.108. The number of halogens is 1. The van der Waals surface area contributed by atoms with Crippen LogP contribution in [0.15, 0.2) is 22.7 Å². The van der Waals surface area contributed by atoms with E-state index in [1.54, 1.807) is 6.07 Å². The number of anilines is 1. The Bertz CT molecular complexity index is 299. The Morgan fingerprint density at radius 3 is 2.83 bits per heavy atom. The van der Waals surface area contributed by atoms with Gasteiger partial charge in [0.25, 0.3) is 0 Å². The van der Waals surface area contributed by atoms with Crippen LogP contribution in [0, 0.1) is 0 Å². The number of aldehydes is 1. The molecule has 0 aliphatic rings. The first kappa shape index (κ1) is 9.26. The van der Waals surface area contributed by atoms with Gasteiger partial charge in [-0.3, -0.25) is 0 Å². The second-order valence-corrected chi connectivity index (χ2v) is 3.56. The predicted octanol–water partition coefficient (Wildman–Crippen LogP) is 2.33. The SMILES string of the molecule is CC(C=O)c1cc(N)ccc1Br. The van der Waals surface area contributed by atoms with Crippen LogP contribution in [-0.2, 0) is 4.79 Å². The van der Waals surface area contributed by atoms with Gasteiger partial charge >= 0.3 is 0 Å². The first-order valence-corrected chi connectivity index (χ1v) is 4.44. The molecule has 0 fully saturated rings. The van der Waals surface area contributed by atoms with Crippen molar-refractivity contribution in [2.75, 3.05) is 5.73 Å². The Kier molecular flexibility index (Phi) is 2.87. The van der Waals surface area contributed by atoms with Crippen LogP contribution in [0.3, 0.4) is 0 Å². The molecule has 0 aliphatic heterocycles. The summed E-state index contributed by atoms with van der Waals surface area (Å²) in [5, 5.41) is 0. The minimum atomic E-state index is -0.108. The highest BCUT2D eigenvalue weighted by Crippen LogP contribution is 2.25. The molecule has 0 aromatic heterocycles. The molecule has 2 N–H and O–H groups in total. The quantitative estimate of drug-likeness (QED) is 0.623. The van der Waals surface area contributed by atoms with E-state index < -0.39 is 0 Å². The fourth-order valence-corrected chi connectivity index (χ4v) is 1.59. The Labute approximate surface area is 79.9 Å². The second-order valence-electron chi connectivity index (χ2n) is 2.71.